The summed E-state index contributed by atoms with van der Waals surface area (Å²) < 4.78 is 10.0. The minimum Gasteiger partial charge on any atom is -0.481 e. The largest absolute Gasteiger partial charge is 0.481 e. The van der Waals surface area contributed by atoms with Crippen LogP contribution in [0.5, 0.6) is 5.88 Å². The normalized spacial score (nSPS) is 10.9. The summed E-state index contributed by atoms with van der Waals surface area (Å²) in [6.45, 7) is 2.10. The smallest absolute Gasteiger partial charge is 0.330 e. The Morgan fingerprint density at radius 2 is 2.25 bits per heavy atom. The Kier molecular flexibility index (Phi) is 4.20. The lowest BCUT2D eigenvalue weighted by molar-refractivity contribution is -0.137. The van der Waals surface area contributed by atoms with Crippen LogP contribution in [0.1, 0.15) is 12.5 Å². The standard InChI is InChI=1S/C15H16N2O3/c1-3-20-14(18)8-7-10-9-13(19-2)17-15-11(10)5-4-6-12(15)16/h4-9H,3,16H2,1-2H3/b8-7+. The predicted molar refractivity (Wildman–Crippen MR) is 78.4 cm³/mol. The molecule has 0 saturated carbocycles. The zero-order chi connectivity index (χ0) is 14.5. The number of carbonyl (C=O) groups excluding carboxylic acids is 1. The second-order valence-electron chi connectivity index (χ2n) is 4.08. The van der Waals surface area contributed by atoms with E-state index in [0.717, 1.165) is 10.9 Å². The molecule has 20 heavy (non-hydrogen) atoms. The summed E-state index contributed by atoms with van der Waals surface area (Å²) in [6.07, 6.45) is 3.05. The number of pyridine rings is 1. The molecule has 0 spiro atoms. The SMILES string of the molecule is CCOC(=O)/C=C/c1cc(OC)nc2c(N)cccc12. The van der Waals surface area contributed by atoms with Crippen molar-refractivity contribution in [3.8, 4) is 5.88 Å². The molecule has 2 rings (SSSR count). The summed E-state index contributed by atoms with van der Waals surface area (Å²) >= 11 is 0. The number of carbonyl (C=O) groups is 1. The van der Waals surface area contributed by atoms with E-state index in [4.69, 9.17) is 15.2 Å². The van der Waals surface area contributed by atoms with Gasteiger partial charge in [0, 0.05) is 17.5 Å². The van der Waals surface area contributed by atoms with Crippen LogP contribution in [0.4, 0.5) is 5.69 Å². The molecule has 1 aromatic heterocycles. The molecule has 1 heterocycles. The number of fused-ring (bicyclic) bond motifs is 1. The number of anilines is 1. The molecule has 0 saturated heterocycles. The molecule has 2 N–H and O–H groups in total. The molecule has 0 aliphatic rings. The summed E-state index contributed by atoms with van der Waals surface area (Å²) in [5.41, 5.74) is 7.93. The summed E-state index contributed by atoms with van der Waals surface area (Å²) in [5.74, 6) is 0.0549. The van der Waals surface area contributed by atoms with Gasteiger partial charge in [-0.3, -0.25) is 0 Å². The summed E-state index contributed by atoms with van der Waals surface area (Å²) in [5, 5.41) is 0.853. The van der Waals surface area contributed by atoms with E-state index in [0.29, 0.717) is 23.7 Å². The maximum Gasteiger partial charge on any atom is 0.330 e. The van der Waals surface area contributed by atoms with Crippen LogP contribution in [0, 0.1) is 0 Å². The van der Waals surface area contributed by atoms with Crippen molar-refractivity contribution in [2.45, 2.75) is 6.92 Å². The lowest BCUT2D eigenvalue weighted by Gasteiger charge is -2.07. The number of nitrogens with two attached hydrogens (primary N) is 1. The molecule has 0 atom stereocenters. The van der Waals surface area contributed by atoms with Gasteiger partial charge in [0.2, 0.25) is 5.88 Å². The van der Waals surface area contributed by atoms with Gasteiger partial charge < -0.3 is 15.2 Å². The van der Waals surface area contributed by atoms with E-state index in [-0.39, 0.29) is 5.97 Å². The van der Waals surface area contributed by atoms with E-state index in [1.807, 2.05) is 12.1 Å². The third-order valence-corrected chi connectivity index (χ3v) is 2.77. The van der Waals surface area contributed by atoms with E-state index in [1.54, 1.807) is 25.1 Å². The molecule has 0 unspecified atom stereocenters. The van der Waals surface area contributed by atoms with Crippen molar-refractivity contribution in [3.63, 3.8) is 0 Å². The topological polar surface area (TPSA) is 74.4 Å². The van der Waals surface area contributed by atoms with Crippen molar-refractivity contribution in [1.82, 2.24) is 4.98 Å². The van der Waals surface area contributed by atoms with Gasteiger partial charge in [0.1, 0.15) is 0 Å². The molecule has 0 aliphatic heterocycles. The average Bonchev–Trinajstić information content (AvgIpc) is 2.45. The van der Waals surface area contributed by atoms with Crippen LogP contribution in [0.15, 0.2) is 30.3 Å². The third kappa shape index (κ3) is 2.88. The van der Waals surface area contributed by atoms with E-state index in [2.05, 4.69) is 4.98 Å². The van der Waals surface area contributed by atoms with Gasteiger partial charge in [-0.15, -0.1) is 0 Å². The number of benzene rings is 1. The first-order chi connectivity index (χ1) is 9.65. The zero-order valence-electron chi connectivity index (χ0n) is 11.4. The highest BCUT2D eigenvalue weighted by Gasteiger charge is 2.07. The Bertz CT molecular complexity index is 665. The number of nitrogen functional groups attached to an aromatic ring is 1. The fourth-order valence-electron chi connectivity index (χ4n) is 1.86. The number of esters is 1. The van der Waals surface area contributed by atoms with Crippen LogP contribution < -0.4 is 10.5 Å². The number of aromatic nitrogens is 1. The third-order valence-electron chi connectivity index (χ3n) is 2.77. The highest BCUT2D eigenvalue weighted by atomic mass is 16.5. The van der Waals surface area contributed by atoms with E-state index in [1.165, 1.54) is 13.2 Å². The average molecular weight is 272 g/mol. The molecular weight excluding hydrogens is 256 g/mol. The molecule has 104 valence electrons. The molecule has 0 bridgehead atoms. The van der Waals surface area contributed by atoms with Crippen molar-refractivity contribution >= 4 is 28.6 Å². The monoisotopic (exact) mass is 272 g/mol. The van der Waals surface area contributed by atoms with Crippen molar-refractivity contribution in [1.29, 1.82) is 0 Å². The van der Waals surface area contributed by atoms with Crippen LogP contribution in [0.2, 0.25) is 0 Å². The number of methoxy groups -OCH3 is 1. The van der Waals surface area contributed by atoms with Crippen LogP contribution in [-0.2, 0) is 9.53 Å². The summed E-state index contributed by atoms with van der Waals surface area (Å²) in [6, 6.07) is 7.25. The van der Waals surface area contributed by atoms with Crippen LogP contribution in [0.3, 0.4) is 0 Å². The van der Waals surface area contributed by atoms with Gasteiger partial charge in [-0.25, -0.2) is 9.78 Å². The molecule has 0 fully saturated rings. The first-order valence-corrected chi connectivity index (χ1v) is 6.23. The minimum absolute atomic E-state index is 0.344. The van der Waals surface area contributed by atoms with E-state index < -0.39 is 0 Å². The molecule has 5 nitrogen and oxygen atoms in total. The number of hydrogen-bond acceptors (Lipinski definition) is 5. The summed E-state index contributed by atoms with van der Waals surface area (Å²) in [4.78, 5) is 15.7. The van der Waals surface area contributed by atoms with Gasteiger partial charge in [-0.05, 0) is 24.6 Å². The number of ether oxygens (including phenoxy) is 2. The van der Waals surface area contributed by atoms with Gasteiger partial charge >= 0.3 is 5.97 Å². The number of nitrogens with zero attached hydrogens (tertiary/aromatic N) is 1. The van der Waals surface area contributed by atoms with Gasteiger partial charge in [0.05, 0.1) is 24.9 Å². The number of rotatable bonds is 4. The molecule has 0 amide bonds. The van der Waals surface area contributed by atoms with Crippen LogP contribution in [0.25, 0.3) is 17.0 Å². The molecule has 5 heteroatoms. The Morgan fingerprint density at radius 3 is 2.95 bits per heavy atom. The minimum atomic E-state index is -0.389. The van der Waals surface area contributed by atoms with E-state index >= 15 is 0 Å². The quantitative estimate of drug-likeness (QED) is 0.525. The Hall–Kier alpha value is -2.56. The lowest BCUT2D eigenvalue weighted by atomic mass is 10.1. The lowest BCUT2D eigenvalue weighted by Crippen LogP contribution is -1.99. The Morgan fingerprint density at radius 1 is 1.45 bits per heavy atom. The Labute approximate surface area is 117 Å². The van der Waals surface area contributed by atoms with Gasteiger partial charge in [0.15, 0.2) is 0 Å². The van der Waals surface area contributed by atoms with Crippen LogP contribution >= 0.6 is 0 Å². The second kappa shape index (κ2) is 6.06. The second-order valence-corrected chi connectivity index (χ2v) is 4.08. The molecule has 0 radical (unpaired) electrons. The Balaban J connectivity index is 2.51. The van der Waals surface area contributed by atoms with E-state index in [9.17, 15) is 4.79 Å². The maximum absolute atomic E-state index is 11.4. The highest BCUT2D eigenvalue weighted by molar-refractivity contribution is 5.98. The van der Waals surface area contributed by atoms with Crippen molar-refractivity contribution in [3.05, 3.63) is 35.9 Å². The highest BCUT2D eigenvalue weighted by Crippen LogP contribution is 2.26. The van der Waals surface area contributed by atoms with Crippen LogP contribution in [-0.4, -0.2) is 24.7 Å². The van der Waals surface area contributed by atoms with Gasteiger partial charge in [-0.2, -0.15) is 0 Å². The predicted octanol–water partition coefficient (Wildman–Crippen LogP) is 2.40. The molecular formula is C15H16N2O3. The number of para-hydroxylation sites is 1. The fraction of sp³-hybridized carbons (Fsp3) is 0.200. The van der Waals surface area contributed by atoms with Crippen molar-refractivity contribution < 1.29 is 14.3 Å². The van der Waals surface area contributed by atoms with Gasteiger partial charge in [0.25, 0.3) is 0 Å². The zero-order valence-corrected chi connectivity index (χ0v) is 11.4. The first kappa shape index (κ1) is 13.9. The molecule has 2 aromatic rings. The number of hydrogen-bond donors (Lipinski definition) is 1. The molecule has 0 aliphatic carbocycles. The van der Waals surface area contributed by atoms with Crippen molar-refractivity contribution in [2.75, 3.05) is 19.5 Å². The maximum atomic E-state index is 11.4. The van der Waals surface area contributed by atoms with Gasteiger partial charge in [-0.1, -0.05) is 12.1 Å². The first-order valence-electron chi connectivity index (χ1n) is 6.23. The summed E-state index contributed by atoms with van der Waals surface area (Å²) in [7, 11) is 1.53. The fourth-order valence-corrected chi connectivity index (χ4v) is 1.86. The van der Waals surface area contributed by atoms with Crippen molar-refractivity contribution in [2.24, 2.45) is 0 Å². The molecule has 1 aromatic carbocycles.